The highest BCUT2D eigenvalue weighted by Crippen LogP contribution is 2.12. The van der Waals surface area contributed by atoms with Crippen LogP contribution in [0.5, 0.6) is 5.75 Å². The van der Waals surface area contributed by atoms with Gasteiger partial charge < -0.3 is 9.15 Å². The van der Waals surface area contributed by atoms with E-state index in [0.717, 1.165) is 6.42 Å². The first-order valence-electron chi connectivity index (χ1n) is 6.35. The van der Waals surface area contributed by atoms with Crippen LogP contribution in [0, 0.1) is 0 Å². The minimum absolute atomic E-state index is 0.0824. The maximum atomic E-state index is 11.5. The molecule has 20 heavy (non-hydrogen) atoms. The number of furan rings is 1. The summed E-state index contributed by atoms with van der Waals surface area (Å²) in [7, 11) is 0. The van der Waals surface area contributed by atoms with Gasteiger partial charge in [0.1, 0.15) is 11.5 Å². The number of amides is 1. The Labute approximate surface area is 117 Å². The number of ether oxygens (including phenoxy) is 1. The van der Waals surface area contributed by atoms with Gasteiger partial charge in [0.15, 0.2) is 6.61 Å². The minimum Gasteiger partial charge on any atom is -0.484 e. The molecule has 0 aliphatic carbocycles. The molecule has 0 aliphatic heterocycles. The van der Waals surface area contributed by atoms with Crippen LogP contribution in [0.2, 0.25) is 0 Å². The van der Waals surface area contributed by atoms with Crippen LogP contribution < -0.4 is 10.2 Å². The second-order valence-electron chi connectivity index (χ2n) is 4.09. The van der Waals surface area contributed by atoms with Crippen molar-refractivity contribution in [2.24, 2.45) is 5.10 Å². The maximum absolute atomic E-state index is 11.5. The topological polar surface area (TPSA) is 63.8 Å². The summed E-state index contributed by atoms with van der Waals surface area (Å²) in [5, 5.41) is 3.76. The first kappa shape index (κ1) is 13.9. The smallest absolute Gasteiger partial charge is 0.277 e. The van der Waals surface area contributed by atoms with Crippen molar-refractivity contribution in [2.45, 2.75) is 13.3 Å². The molecule has 2 aromatic rings. The number of carbonyl (C=O) groups excluding carboxylic acids is 1. The summed E-state index contributed by atoms with van der Waals surface area (Å²) in [6.45, 7) is 2.00. The van der Waals surface area contributed by atoms with Gasteiger partial charge in [0.2, 0.25) is 0 Å². The van der Waals surface area contributed by atoms with Crippen LogP contribution in [0.25, 0.3) is 0 Å². The zero-order valence-electron chi connectivity index (χ0n) is 11.2. The van der Waals surface area contributed by atoms with Crippen LogP contribution in [-0.2, 0) is 11.2 Å². The molecular weight excluding hydrogens is 256 g/mol. The Balaban J connectivity index is 1.74. The van der Waals surface area contributed by atoms with Gasteiger partial charge in [0.05, 0.1) is 12.5 Å². The molecule has 0 saturated heterocycles. The van der Waals surface area contributed by atoms with Gasteiger partial charge >= 0.3 is 0 Å². The molecule has 0 spiro atoms. The van der Waals surface area contributed by atoms with Crippen molar-refractivity contribution in [1.29, 1.82) is 0 Å². The van der Waals surface area contributed by atoms with E-state index in [-0.39, 0.29) is 12.5 Å². The van der Waals surface area contributed by atoms with Crippen molar-refractivity contribution in [3.8, 4) is 5.75 Å². The molecular formula is C15H16N2O3. The highest BCUT2D eigenvalue weighted by molar-refractivity contribution is 5.81. The van der Waals surface area contributed by atoms with Crippen LogP contribution in [0.3, 0.4) is 0 Å². The van der Waals surface area contributed by atoms with Crippen LogP contribution in [0.15, 0.2) is 52.2 Å². The van der Waals surface area contributed by atoms with E-state index in [2.05, 4.69) is 17.5 Å². The number of aryl methyl sites for hydroxylation is 1. The van der Waals surface area contributed by atoms with Gasteiger partial charge in [-0.2, -0.15) is 5.10 Å². The number of nitrogens with zero attached hydrogens (tertiary/aromatic N) is 1. The average Bonchev–Trinajstić information content (AvgIpc) is 2.99. The van der Waals surface area contributed by atoms with E-state index in [9.17, 15) is 4.79 Å². The number of benzene rings is 1. The van der Waals surface area contributed by atoms with Crippen LogP contribution in [-0.4, -0.2) is 18.7 Å². The predicted molar refractivity (Wildman–Crippen MR) is 75.8 cm³/mol. The molecule has 1 aromatic carbocycles. The van der Waals surface area contributed by atoms with E-state index in [1.165, 1.54) is 18.0 Å². The zero-order chi connectivity index (χ0) is 14.2. The summed E-state index contributed by atoms with van der Waals surface area (Å²) in [5.41, 5.74) is 3.59. The summed E-state index contributed by atoms with van der Waals surface area (Å²) in [6.07, 6.45) is 3.93. The van der Waals surface area contributed by atoms with Gasteiger partial charge in [-0.25, -0.2) is 5.43 Å². The Morgan fingerprint density at radius 3 is 2.80 bits per heavy atom. The van der Waals surface area contributed by atoms with E-state index in [0.29, 0.717) is 11.5 Å². The number of hydrogen-bond acceptors (Lipinski definition) is 4. The minimum atomic E-state index is -0.327. The third-order valence-electron chi connectivity index (χ3n) is 2.63. The molecule has 0 radical (unpaired) electrons. The number of rotatable bonds is 6. The van der Waals surface area contributed by atoms with Gasteiger partial charge in [-0.05, 0) is 36.2 Å². The van der Waals surface area contributed by atoms with Crippen LogP contribution in [0.1, 0.15) is 18.2 Å². The quantitative estimate of drug-likeness (QED) is 0.648. The molecule has 104 valence electrons. The van der Waals surface area contributed by atoms with Crippen molar-refractivity contribution in [3.05, 3.63) is 54.0 Å². The van der Waals surface area contributed by atoms with Gasteiger partial charge in [0.25, 0.3) is 5.91 Å². The lowest BCUT2D eigenvalue weighted by molar-refractivity contribution is -0.123. The average molecular weight is 272 g/mol. The standard InChI is InChI=1S/C15H16N2O3/c1-2-12-5-7-13(8-6-12)20-11-15(18)17-16-10-14-4-3-9-19-14/h3-10H,2,11H2,1H3,(H,17,18). The van der Waals surface area contributed by atoms with Gasteiger partial charge in [-0.15, -0.1) is 0 Å². The largest absolute Gasteiger partial charge is 0.484 e. The highest BCUT2D eigenvalue weighted by atomic mass is 16.5. The van der Waals surface area contributed by atoms with E-state index >= 15 is 0 Å². The molecule has 1 amide bonds. The molecule has 5 heteroatoms. The molecule has 1 aromatic heterocycles. The number of hydrogen-bond donors (Lipinski definition) is 1. The molecule has 0 unspecified atom stereocenters. The highest BCUT2D eigenvalue weighted by Gasteiger charge is 2.01. The van der Waals surface area contributed by atoms with E-state index in [1.54, 1.807) is 12.1 Å². The Hall–Kier alpha value is -2.56. The number of carbonyl (C=O) groups is 1. The van der Waals surface area contributed by atoms with Crippen LogP contribution >= 0.6 is 0 Å². The fourth-order valence-corrected chi connectivity index (χ4v) is 1.54. The normalized spacial score (nSPS) is 10.7. The lowest BCUT2D eigenvalue weighted by atomic mass is 10.2. The molecule has 1 N–H and O–H groups in total. The number of nitrogens with one attached hydrogen (secondary N) is 1. The third-order valence-corrected chi connectivity index (χ3v) is 2.63. The first-order chi connectivity index (χ1) is 9.78. The molecule has 0 fully saturated rings. The van der Waals surface area contributed by atoms with Crippen molar-refractivity contribution in [1.82, 2.24) is 5.43 Å². The predicted octanol–water partition coefficient (Wildman–Crippen LogP) is 2.37. The summed E-state index contributed by atoms with van der Waals surface area (Å²) in [6, 6.07) is 11.1. The molecule has 2 rings (SSSR count). The fraction of sp³-hybridized carbons (Fsp3) is 0.200. The van der Waals surface area contributed by atoms with E-state index in [4.69, 9.17) is 9.15 Å². The first-order valence-corrected chi connectivity index (χ1v) is 6.35. The third kappa shape index (κ3) is 4.28. The summed E-state index contributed by atoms with van der Waals surface area (Å²) < 4.78 is 10.4. The summed E-state index contributed by atoms with van der Waals surface area (Å²) >= 11 is 0. The summed E-state index contributed by atoms with van der Waals surface area (Å²) in [4.78, 5) is 11.5. The summed E-state index contributed by atoms with van der Waals surface area (Å²) in [5.74, 6) is 0.904. The van der Waals surface area contributed by atoms with Crippen molar-refractivity contribution >= 4 is 12.1 Å². The van der Waals surface area contributed by atoms with Crippen molar-refractivity contribution < 1.29 is 13.9 Å². The van der Waals surface area contributed by atoms with Gasteiger partial charge in [-0.3, -0.25) is 4.79 Å². The molecule has 0 bridgehead atoms. The Kier molecular flexibility index (Phi) is 4.94. The van der Waals surface area contributed by atoms with Crippen LogP contribution in [0.4, 0.5) is 0 Å². The van der Waals surface area contributed by atoms with E-state index in [1.807, 2.05) is 24.3 Å². The maximum Gasteiger partial charge on any atom is 0.277 e. The van der Waals surface area contributed by atoms with Crippen molar-refractivity contribution in [3.63, 3.8) is 0 Å². The van der Waals surface area contributed by atoms with Crippen molar-refractivity contribution in [2.75, 3.05) is 6.61 Å². The Morgan fingerprint density at radius 2 is 2.15 bits per heavy atom. The Morgan fingerprint density at radius 1 is 1.35 bits per heavy atom. The second-order valence-corrected chi connectivity index (χ2v) is 4.09. The van der Waals surface area contributed by atoms with Gasteiger partial charge in [0, 0.05) is 0 Å². The Bertz CT molecular complexity index is 559. The lowest BCUT2D eigenvalue weighted by Gasteiger charge is -2.05. The SMILES string of the molecule is CCc1ccc(OCC(=O)NN=Cc2ccco2)cc1. The second kappa shape index (κ2) is 7.13. The molecule has 0 aliphatic rings. The molecule has 1 heterocycles. The zero-order valence-corrected chi connectivity index (χ0v) is 11.2. The monoisotopic (exact) mass is 272 g/mol. The fourth-order valence-electron chi connectivity index (χ4n) is 1.54. The van der Waals surface area contributed by atoms with Gasteiger partial charge in [-0.1, -0.05) is 19.1 Å². The van der Waals surface area contributed by atoms with E-state index < -0.39 is 0 Å². The molecule has 0 atom stereocenters. The number of hydrazone groups is 1. The lowest BCUT2D eigenvalue weighted by Crippen LogP contribution is -2.24. The molecule has 5 nitrogen and oxygen atoms in total. The molecule has 0 saturated carbocycles.